The molecule has 15 heavy (non-hydrogen) atoms. The number of ether oxygens (including phenoxy) is 1. The second-order valence-corrected chi connectivity index (χ2v) is 2.98. The molecule has 1 rings (SSSR count). The summed E-state index contributed by atoms with van der Waals surface area (Å²) >= 11 is 0. The van der Waals surface area contributed by atoms with Crippen molar-refractivity contribution in [2.24, 2.45) is 0 Å². The van der Waals surface area contributed by atoms with Gasteiger partial charge in [-0.2, -0.15) is 0 Å². The molecule has 1 unspecified atom stereocenters. The van der Waals surface area contributed by atoms with Gasteiger partial charge in [0.15, 0.2) is 11.6 Å². The van der Waals surface area contributed by atoms with Crippen LogP contribution in [0, 0.1) is 5.82 Å². The van der Waals surface area contributed by atoms with Crippen molar-refractivity contribution in [2.45, 2.75) is 12.6 Å². The number of hydrogen-bond acceptors (Lipinski definition) is 2. The fourth-order valence-corrected chi connectivity index (χ4v) is 1.13. The Hall–Kier alpha value is -1.65. The smallest absolute Gasteiger partial charge is 0.338 e. The van der Waals surface area contributed by atoms with Crippen LogP contribution in [0.5, 0.6) is 5.75 Å². The first-order valence-corrected chi connectivity index (χ1v) is 4.24. The van der Waals surface area contributed by atoms with Crippen LogP contribution in [-0.2, 0) is 11.2 Å². The molecule has 1 aromatic rings. The highest BCUT2D eigenvalue weighted by Crippen LogP contribution is 2.18. The van der Waals surface area contributed by atoms with Gasteiger partial charge in [-0.1, -0.05) is 6.07 Å². The van der Waals surface area contributed by atoms with E-state index in [-0.39, 0.29) is 17.7 Å². The lowest BCUT2D eigenvalue weighted by Gasteiger charge is -2.06. The Morgan fingerprint density at radius 1 is 1.60 bits per heavy atom. The molecule has 1 N–H and O–H groups in total. The lowest BCUT2D eigenvalue weighted by atomic mass is 10.1. The largest absolute Gasteiger partial charge is 0.494 e. The van der Waals surface area contributed by atoms with Crippen LogP contribution in [0.2, 0.25) is 0 Å². The van der Waals surface area contributed by atoms with Crippen molar-refractivity contribution in [1.29, 1.82) is 0 Å². The Balaban J connectivity index is 2.79. The van der Waals surface area contributed by atoms with Gasteiger partial charge in [0.05, 0.1) is 7.11 Å². The lowest BCUT2D eigenvalue weighted by molar-refractivity contribution is -0.142. The minimum absolute atomic E-state index is 0.0458. The molecule has 1 atom stereocenters. The van der Waals surface area contributed by atoms with E-state index >= 15 is 0 Å². The third-order valence-electron chi connectivity index (χ3n) is 1.90. The van der Waals surface area contributed by atoms with Crippen molar-refractivity contribution in [3.63, 3.8) is 0 Å². The minimum atomic E-state index is -2.02. The highest BCUT2D eigenvalue weighted by molar-refractivity contribution is 5.72. The Kier molecular flexibility index (Phi) is 3.60. The molecule has 0 aliphatic heterocycles. The van der Waals surface area contributed by atoms with Crippen molar-refractivity contribution in [3.8, 4) is 5.75 Å². The Morgan fingerprint density at radius 2 is 2.27 bits per heavy atom. The molecular weight excluding hydrogens is 206 g/mol. The fraction of sp³-hybridized carbons (Fsp3) is 0.300. The number of hydrogen-bond donors (Lipinski definition) is 1. The van der Waals surface area contributed by atoms with Gasteiger partial charge in [0, 0.05) is 6.42 Å². The number of aliphatic carboxylic acids is 1. The standard InChI is InChI=1S/C10H10F2O3/c1-15-9-3-2-6(4-7(9)11)5-8(12)10(13)14/h2-4,8H,5H2,1H3,(H,13,14). The van der Waals surface area contributed by atoms with Crippen LogP contribution in [0.25, 0.3) is 0 Å². The van der Waals surface area contributed by atoms with E-state index in [0.29, 0.717) is 0 Å². The van der Waals surface area contributed by atoms with Crippen LogP contribution in [0.3, 0.4) is 0 Å². The highest BCUT2D eigenvalue weighted by Gasteiger charge is 2.16. The van der Waals surface area contributed by atoms with E-state index in [9.17, 15) is 13.6 Å². The van der Waals surface area contributed by atoms with Crippen LogP contribution in [0.4, 0.5) is 8.78 Å². The Labute approximate surface area is 85.3 Å². The number of methoxy groups -OCH3 is 1. The zero-order valence-electron chi connectivity index (χ0n) is 8.04. The predicted molar refractivity (Wildman–Crippen MR) is 49.2 cm³/mol. The Morgan fingerprint density at radius 3 is 2.73 bits per heavy atom. The summed E-state index contributed by atoms with van der Waals surface area (Å²) in [5, 5.41) is 8.32. The summed E-state index contributed by atoms with van der Waals surface area (Å²) in [5.74, 6) is -2.14. The topological polar surface area (TPSA) is 46.5 Å². The van der Waals surface area contributed by atoms with Crippen LogP contribution in [0.1, 0.15) is 5.56 Å². The van der Waals surface area contributed by atoms with E-state index in [4.69, 9.17) is 5.11 Å². The molecule has 82 valence electrons. The van der Waals surface area contributed by atoms with Gasteiger partial charge < -0.3 is 9.84 Å². The summed E-state index contributed by atoms with van der Waals surface area (Å²) in [5.41, 5.74) is 0.281. The monoisotopic (exact) mass is 216 g/mol. The van der Waals surface area contributed by atoms with Gasteiger partial charge in [-0.15, -0.1) is 0 Å². The Bertz CT molecular complexity index is 366. The molecular formula is C10H10F2O3. The normalized spacial score (nSPS) is 12.2. The number of benzene rings is 1. The number of carboxylic acids is 1. The second-order valence-electron chi connectivity index (χ2n) is 2.98. The lowest BCUT2D eigenvalue weighted by Crippen LogP contribution is -2.17. The summed E-state index contributed by atoms with van der Waals surface area (Å²) in [4.78, 5) is 10.2. The van der Waals surface area contributed by atoms with E-state index in [0.717, 1.165) is 6.07 Å². The minimum Gasteiger partial charge on any atom is -0.494 e. The molecule has 0 fully saturated rings. The van der Waals surface area contributed by atoms with Gasteiger partial charge in [-0.25, -0.2) is 13.6 Å². The van der Waals surface area contributed by atoms with Gasteiger partial charge in [-0.05, 0) is 17.7 Å². The van der Waals surface area contributed by atoms with Crippen molar-refractivity contribution < 1.29 is 23.4 Å². The zero-order chi connectivity index (χ0) is 11.4. The summed E-state index contributed by atoms with van der Waals surface area (Å²) < 4.78 is 30.5. The van der Waals surface area contributed by atoms with E-state index in [1.54, 1.807) is 0 Å². The number of alkyl halides is 1. The summed E-state index contributed by atoms with van der Waals surface area (Å²) in [6.45, 7) is 0. The van der Waals surface area contributed by atoms with Crippen LogP contribution < -0.4 is 4.74 Å². The van der Waals surface area contributed by atoms with Crippen LogP contribution in [-0.4, -0.2) is 24.4 Å². The maximum absolute atomic E-state index is 13.1. The molecule has 0 bridgehead atoms. The average molecular weight is 216 g/mol. The van der Waals surface area contributed by atoms with Gasteiger partial charge >= 0.3 is 5.97 Å². The third kappa shape index (κ3) is 2.90. The maximum atomic E-state index is 13.1. The van der Waals surface area contributed by atoms with Gasteiger partial charge in [0.1, 0.15) is 0 Å². The molecule has 0 aliphatic rings. The SMILES string of the molecule is COc1ccc(CC(F)C(=O)O)cc1F. The van der Waals surface area contributed by atoms with Gasteiger partial charge in [-0.3, -0.25) is 0 Å². The van der Waals surface area contributed by atoms with Crippen molar-refractivity contribution in [3.05, 3.63) is 29.6 Å². The van der Waals surface area contributed by atoms with E-state index in [2.05, 4.69) is 4.74 Å². The zero-order valence-corrected chi connectivity index (χ0v) is 8.04. The van der Waals surface area contributed by atoms with Crippen molar-refractivity contribution in [2.75, 3.05) is 7.11 Å². The predicted octanol–water partition coefficient (Wildman–Crippen LogP) is 1.80. The molecule has 3 nitrogen and oxygen atoms in total. The first-order valence-electron chi connectivity index (χ1n) is 4.24. The molecule has 0 radical (unpaired) electrons. The van der Waals surface area contributed by atoms with E-state index in [1.807, 2.05) is 0 Å². The average Bonchev–Trinajstić information content (AvgIpc) is 2.18. The first kappa shape index (κ1) is 11.4. The van der Waals surface area contributed by atoms with Crippen LogP contribution >= 0.6 is 0 Å². The molecule has 0 aliphatic carbocycles. The van der Waals surface area contributed by atoms with E-state index in [1.165, 1.54) is 19.2 Å². The molecule has 0 spiro atoms. The summed E-state index contributed by atoms with van der Waals surface area (Å²) in [6, 6.07) is 3.82. The third-order valence-corrected chi connectivity index (χ3v) is 1.90. The number of halogens is 2. The fourth-order valence-electron chi connectivity index (χ4n) is 1.13. The summed E-state index contributed by atoms with van der Waals surface area (Å²) in [7, 11) is 1.31. The molecule has 0 saturated heterocycles. The summed E-state index contributed by atoms with van der Waals surface area (Å²) in [6.07, 6.45) is -2.37. The molecule has 5 heteroatoms. The van der Waals surface area contributed by atoms with E-state index < -0.39 is 18.0 Å². The van der Waals surface area contributed by atoms with Gasteiger partial charge in [0.2, 0.25) is 6.17 Å². The van der Waals surface area contributed by atoms with Gasteiger partial charge in [0.25, 0.3) is 0 Å². The van der Waals surface area contributed by atoms with Crippen LogP contribution in [0.15, 0.2) is 18.2 Å². The molecule has 0 heterocycles. The number of rotatable bonds is 4. The molecule has 0 aromatic heterocycles. The highest BCUT2D eigenvalue weighted by atomic mass is 19.1. The number of carboxylic acid groups (broad SMARTS) is 1. The first-order chi connectivity index (χ1) is 7.04. The molecule has 0 saturated carbocycles. The molecule has 1 aromatic carbocycles. The maximum Gasteiger partial charge on any atom is 0.338 e. The molecule has 0 amide bonds. The van der Waals surface area contributed by atoms with Crippen molar-refractivity contribution in [1.82, 2.24) is 0 Å². The number of carbonyl (C=O) groups is 1. The van der Waals surface area contributed by atoms with Crippen molar-refractivity contribution >= 4 is 5.97 Å². The quantitative estimate of drug-likeness (QED) is 0.834. The second kappa shape index (κ2) is 4.72.